The molecule has 0 aromatic carbocycles. The molecule has 0 rings (SSSR count). The van der Waals surface area contributed by atoms with Crippen LogP contribution in [0.5, 0.6) is 0 Å². The summed E-state index contributed by atoms with van der Waals surface area (Å²) < 4.78 is 0. The van der Waals surface area contributed by atoms with E-state index >= 15 is 0 Å². The van der Waals surface area contributed by atoms with Crippen LogP contribution in [0.3, 0.4) is 0 Å². The lowest BCUT2D eigenvalue weighted by Crippen LogP contribution is -2.31. The van der Waals surface area contributed by atoms with Crippen LogP contribution in [0.1, 0.15) is 40.5 Å². The first kappa shape index (κ1) is 9.92. The molecule has 0 saturated carbocycles. The fraction of sp³-hybridized carbons (Fsp3) is 1.00. The van der Waals surface area contributed by atoms with Gasteiger partial charge in [0, 0.05) is 0 Å². The molecule has 0 spiro atoms. The summed E-state index contributed by atoms with van der Waals surface area (Å²) in [5, 5.41) is 8.49. The van der Waals surface area contributed by atoms with Crippen LogP contribution in [0.4, 0.5) is 0 Å². The zero-order chi connectivity index (χ0) is 8.20. The third-order valence-corrected chi connectivity index (χ3v) is 2.14. The summed E-state index contributed by atoms with van der Waals surface area (Å²) >= 11 is 0. The molecule has 0 heterocycles. The zero-order valence-corrected chi connectivity index (χ0v) is 7.35. The molecule has 0 radical (unpaired) electrons. The van der Waals surface area contributed by atoms with Crippen molar-refractivity contribution in [2.75, 3.05) is 0 Å². The molecule has 0 aliphatic rings. The lowest BCUT2D eigenvalue weighted by atomic mass is 9.89. The molecule has 0 aliphatic heterocycles. The predicted octanol–water partition coefficient (Wildman–Crippen LogP) is 2.69. The van der Waals surface area contributed by atoms with Crippen LogP contribution in [0.2, 0.25) is 0 Å². The van der Waals surface area contributed by atoms with Crippen molar-refractivity contribution in [2.45, 2.75) is 46.1 Å². The van der Waals surface area contributed by atoms with E-state index in [0.29, 0.717) is 5.92 Å². The summed E-state index contributed by atoms with van der Waals surface area (Å²) in [6.07, 6.45) is 2.22. The maximum absolute atomic E-state index is 8.49. The molecular weight excluding hydrogens is 128 g/mol. The van der Waals surface area contributed by atoms with Crippen molar-refractivity contribution in [1.29, 1.82) is 0 Å². The summed E-state index contributed by atoms with van der Waals surface area (Å²) in [5.74, 6) is 0.405. The normalized spacial score (nSPS) is 15.3. The molecule has 2 nitrogen and oxygen atoms in total. The third-order valence-electron chi connectivity index (χ3n) is 2.14. The predicted molar refractivity (Wildman–Crippen MR) is 41.9 cm³/mol. The largest absolute Gasteiger partial charge is 0.251 e. The standard InChI is InChI=1S/C8H18O2/c1-5-6-7(2)8(3,4)10-9/h7,9H,5-6H2,1-4H3. The summed E-state index contributed by atoms with van der Waals surface area (Å²) in [5.41, 5.74) is -0.393. The van der Waals surface area contributed by atoms with Crippen molar-refractivity contribution < 1.29 is 10.1 Å². The average molecular weight is 146 g/mol. The molecule has 1 N–H and O–H groups in total. The first-order chi connectivity index (χ1) is 4.54. The quantitative estimate of drug-likeness (QED) is 0.488. The maximum Gasteiger partial charge on any atom is 0.100 e. The minimum atomic E-state index is -0.393. The second-order valence-corrected chi connectivity index (χ2v) is 3.38. The van der Waals surface area contributed by atoms with Crippen molar-refractivity contribution in [3.63, 3.8) is 0 Å². The van der Waals surface area contributed by atoms with Crippen LogP contribution in [0, 0.1) is 5.92 Å². The van der Waals surface area contributed by atoms with E-state index in [2.05, 4.69) is 18.7 Å². The fourth-order valence-electron chi connectivity index (χ4n) is 0.871. The molecule has 0 saturated heterocycles. The molecule has 62 valence electrons. The Hall–Kier alpha value is -0.0800. The molecule has 0 amide bonds. The van der Waals surface area contributed by atoms with Gasteiger partial charge in [-0.1, -0.05) is 20.3 Å². The van der Waals surface area contributed by atoms with E-state index in [0.717, 1.165) is 12.8 Å². The van der Waals surface area contributed by atoms with Crippen LogP contribution in [0.15, 0.2) is 0 Å². The lowest BCUT2D eigenvalue weighted by molar-refractivity contribution is -0.325. The molecular formula is C8H18O2. The lowest BCUT2D eigenvalue weighted by Gasteiger charge is -2.27. The molecule has 1 unspecified atom stereocenters. The van der Waals surface area contributed by atoms with Crippen LogP contribution in [-0.4, -0.2) is 10.9 Å². The van der Waals surface area contributed by atoms with Crippen molar-refractivity contribution >= 4 is 0 Å². The minimum absolute atomic E-state index is 0.393. The molecule has 10 heavy (non-hydrogen) atoms. The molecule has 0 fully saturated rings. The van der Waals surface area contributed by atoms with Gasteiger partial charge in [-0.25, -0.2) is 4.89 Å². The molecule has 1 atom stereocenters. The van der Waals surface area contributed by atoms with Gasteiger partial charge in [0.1, 0.15) is 5.60 Å². The van der Waals surface area contributed by atoms with E-state index < -0.39 is 5.60 Å². The van der Waals surface area contributed by atoms with E-state index in [1.54, 1.807) is 0 Å². The summed E-state index contributed by atoms with van der Waals surface area (Å²) in [6.45, 7) is 8.00. The van der Waals surface area contributed by atoms with E-state index in [1.807, 2.05) is 13.8 Å². The van der Waals surface area contributed by atoms with E-state index in [1.165, 1.54) is 0 Å². The SMILES string of the molecule is CCCC(C)C(C)(C)OO. The van der Waals surface area contributed by atoms with Gasteiger partial charge >= 0.3 is 0 Å². The van der Waals surface area contributed by atoms with Gasteiger partial charge in [-0.2, -0.15) is 0 Å². The smallest absolute Gasteiger partial charge is 0.100 e. The Balaban J connectivity index is 3.78. The Morgan fingerprint density at radius 2 is 2.00 bits per heavy atom. The van der Waals surface area contributed by atoms with Crippen LogP contribution < -0.4 is 0 Å². The zero-order valence-electron chi connectivity index (χ0n) is 7.35. The van der Waals surface area contributed by atoms with Gasteiger partial charge in [0.05, 0.1) is 0 Å². The van der Waals surface area contributed by atoms with Crippen molar-refractivity contribution in [2.24, 2.45) is 5.92 Å². The molecule has 2 heteroatoms. The molecule has 0 aliphatic carbocycles. The highest BCUT2D eigenvalue weighted by atomic mass is 17.1. The Kier molecular flexibility index (Phi) is 3.91. The average Bonchev–Trinajstić information content (AvgIpc) is 1.89. The van der Waals surface area contributed by atoms with Crippen LogP contribution >= 0.6 is 0 Å². The number of hydrogen-bond acceptors (Lipinski definition) is 2. The van der Waals surface area contributed by atoms with Crippen LogP contribution in [-0.2, 0) is 4.89 Å². The Morgan fingerprint density at radius 1 is 1.50 bits per heavy atom. The first-order valence-corrected chi connectivity index (χ1v) is 3.87. The van der Waals surface area contributed by atoms with Gasteiger partial charge in [-0.3, -0.25) is 5.26 Å². The van der Waals surface area contributed by atoms with Gasteiger partial charge in [0.25, 0.3) is 0 Å². The van der Waals surface area contributed by atoms with Crippen LogP contribution in [0.25, 0.3) is 0 Å². The highest BCUT2D eigenvalue weighted by Gasteiger charge is 2.25. The third kappa shape index (κ3) is 2.67. The molecule has 0 bridgehead atoms. The van der Waals surface area contributed by atoms with E-state index in [4.69, 9.17) is 5.26 Å². The van der Waals surface area contributed by atoms with Crippen molar-refractivity contribution in [1.82, 2.24) is 0 Å². The van der Waals surface area contributed by atoms with Gasteiger partial charge in [0.2, 0.25) is 0 Å². The monoisotopic (exact) mass is 146 g/mol. The second-order valence-electron chi connectivity index (χ2n) is 3.38. The Labute approximate surface area is 63.1 Å². The number of rotatable bonds is 4. The second kappa shape index (κ2) is 3.94. The summed E-state index contributed by atoms with van der Waals surface area (Å²) in [7, 11) is 0. The van der Waals surface area contributed by atoms with Gasteiger partial charge in [-0.05, 0) is 26.2 Å². The summed E-state index contributed by atoms with van der Waals surface area (Å²) in [4.78, 5) is 4.35. The minimum Gasteiger partial charge on any atom is -0.251 e. The number of hydrogen-bond donors (Lipinski definition) is 1. The highest BCUT2D eigenvalue weighted by molar-refractivity contribution is 4.73. The Morgan fingerprint density at radius 3 is 2.30 bits per heavy atom. The van der Waals surface area contributed by atoms with Crippen molar-refractivity contribution in [3.05, 3.63) is 0 Å². The fourth-order valence-corrected chi connectivity index (χ4v) is 0.871. The van der Waals surface area contributed by atoms with E-state index in [9.17, 15) is 0 Å². The molecule has 0 aromatic heterocycles. The van der Waals surface area contributed by atoms with Crippen molar-refractivity contribution in [3.8, 4) is 0 Å². The first-order valence-electron chi connectivity index (χ1n) is 3.87. The topological polar surface area (TPSA) is 29.5 Å². The Bertz CT molecular complexity index is 89.3. The van der Waals surface area contributed by atoms with Gasteiger partial charge in [0.15, 0.2) is 0 Å². The summed E-state index contributed by atoms with van der Waals surface area (Å²) in [6, 6.07) is 0. The van der Waals surface area contributed by atoms with Gasteiger partial charge in [-0.15, -0.1) is 0 Å². The van der Waals surface area contributed by atoms with Gasteiger partial charge < -0.3 is 0 Å². The maximum atomic E-state index is 8.49. The van der Waals surface area contributed by atoms with E-state index in [-0.39, 0.29) is 0 Å². The molecule has 0 aromatic rings. The highest BCUT2D eigenvalue weighted by Crippen LogP contribution is 2.23.